The molecule has 0 aromatic rings. The zero-order valence-electron chi connectivity index (χ0n) is 11.3. The van der Waals surface area contributed by atoms with Gasteiger partial charge in [-0.1, -0.05) is 27.7 Å². The monoisotopic (exact) mass is 244 g/mol. The summed E-state index contributed by atoms with van der Waals surface area (Å²) in [5.41, 5.74) is 6.10. The van der Waals surface area contributed by atoms with Crippen LogP contribution >= 0.6 is 11.8 Å². The second-order valence-electron chi connectivity index (χ2n) is 5.87. The maximum Gasteiger partial charge on any atom is 0.0197 e. The molecule has 96 valence electrons. The lowest BCUT2D eigenvalue weighted by molar-refractivity contribution is 0.141. The Bertz CT molecular complexity index is 206. The number of hydrogen-bond donors (Lipinski definition) is 1. The van der Waals surface area contributed by atoms with Gasteiger partial charge in [0.25, 0.3) is 0 Å². The minimum absolute atomic E-state index is 0.256. The van der Waals surface area contributed by atoms with Crippen molar-refractivity contribution in [3.63, 3.8) is 0 Å². The second-order valence-corrected chi connectivity index (χ2v) is 7.34. The number of thioether (sulfide) groups is 1. The van der Waals surface area contributed by atoms with Crippen molar-refractivity contribution < 1.29 is 0 Å². The third kappa shape index (κ3) is 4.27. The Hall–Kier alpha value is 0.270. The summed E-state index contributed by atoms with van der Waals surface area (Å²) in [5.74, 6) is 1.31. The molecule has 2 atom stereocenters. The van der Waals surface area contributed by atoms with E-state index in [2.05, 4.69) is 44.4 Å². The van der Waals surface area contributed by atoms with Crippen LogP contribution in [0.25, 0.3) is 0 Å². The standard InChI is InChI=1S/C13H28N2S/c1-5-6-15(10-13(3,4)9-14)12-7-11(2)16-8-12/h11-12H,5-10,14H2,1-4H3. The molecule has 0 bridgehead atoms. The number of rotatable bonds is 6. The molecule has 0 aliphatic carbocycles. The Balaban J connectivity index is 2.53. The van der Waals surface area contributed by atoms with Gasteiger partial charge in [-0.15, -0.1) is 0 Å². The van der Waals surface area contributed by atoms with Crippen LogP contribution in [-0.2, 0) is 0 Å². The number of hydrogen-bond acceptors (Lipinski definition) is 3. The predicted molar refractivity (Wildman–Crippen MR) is 75.0 cm³/mol. The maximum atomic E-state index is 5.84. The van der Waals surface area contributed by atoms with Crippen molar-refractivity contribution in [3.05, 3.63) is 0 Å². The van der Waals surface area contributed by atoms with Crippen LogP contribution in [0.4, 0.5) is 0 Å². The largest absolute Gasteiger partial charge is 0.330 e. The van der Waals surface area contributed by atoms with Gasteiger partial charge in [0.15, 0.2) is 0 Å². The maximum absolute atomic E-state index is 5.84. The van der Waals surface area contributed by atoms with Gasteiger partial charge < -0.3 is 5.73 Å². The van der Waals surface area contributed by atoms with Crippen molar-refractivity contribution >= 4 is 11.8 Å². The summed E-state index contributed by atoms with van der Waals surface area (Å²) in [4.78, 5) is 2.67. The zero-order valence-corrected chi connectivity index (χ0v) is 12.1. The molecule has 0 amide bonds. The average Bonchev–Trinajstić information content (AvgIpc) is 2.64. The first kappa shape index (κ1) is 14.3. The Kier molecular flexibility index (Phi) is 5.62. The Labute approximate surface area is 105 Å². The van der Waals surface area contributed by atoms with Crippen molar-refractivity contribution in [3.8, 4) is 0 Å². The zero-order chi connectivity index (χ0) is 12.2. The van der Waals surface area contributed by atoms with E-state index in [4.69, 9.17) is 5.73 Å². The SMILES string of the molecule is CCCN(CC(C)(C)CN)C1CSC(C)C1. The third-order valence-corrected chi connectivity index (χ3v) is 4.73. The summed E-state index contributed by atoms with van der Waals surface area (Å²) in [5, 5.41) is 0.838. The molecule has 0 radical (unpaired) electrons. The fraction of sp³-hybridized carbons (Fsp3) is 1.00. The summed E-state index contributed by atoms with van der Waals surface area (Å²) in [7, 11) is 0. The molecule has 16 heavy (non-hydrogen) atoms. The molecular formula is C13H28N2S. The van der Waals surface area contributed by atoms with E-state index < -0.39 is 0 Å². The van der Waals surface area contributed by atoms with E-state index >= 15 is 0 Å². The van der Waals surface area contributed by atoms with Crippen LogP contribution in [0.15, 0.2) is 0 Å². The molecule has 1 aliphatic rings. The minimum atomic E-state index is 0.256. The Morgan fingerprint density at radius 2 is 2.12 bits per heavy atom. The lowest BCUT2D eigenvalue weighted by Crippen LogP contribution is -2.44. The van der Waals surface area contributed by atoms with Gasteiger partial charge in [-0.05, 0) is 31.3 Å². The molecule has 0 saturated carbocycles. The highest BCUT2D eigenvalue weighted by Gasteiger charge is 2.30. The normalized spacial score (nSPS) is 26.6. The first-order chi connectivity index (χ1) is 7.48. The summed E-state index contributed by atoms with van der Waals surface area (Å²) in [6.07, 6.45) is 2.60. The lowest BCUT2D eigenvalue weighted by Gasteiger charge is -2.35. The van der Waals surface area contributed by atoms with Gasteiger partial charge in [-0.25, -0.2) is 0 Å². The van der Waals surface area contributed by atoms with Crippen LogP contribution in [0.5, 0.6) is 0 Å². The highest BCUT2D eigenvalue weighted by atomic mass is 32.2. The molecule has 2 unspecified atom stereocenters. The predicted octanol–water partition coefficient (Wildman–Crippen LogP) is 2.58. The van der Waals surface area contributed by atoms with Gasteiger partial charge in [0.05, 0.1) is 0 Å². The van der Waals surface area contributed by atoms with Gasteiger partial charge in [-0.2, -0.15) is 11.8 Å². The van der Waals surface area contributed by atoms with Gasteiger partial charge >= 0.3 is 0 Å². The molecule has 1 fully saturated rings. The van der Waals surface area contributed by atoms with Crippen LogP contribution in [-0.4, -0.2) is 41.6 Å². The van der Waals surface area contributed by atoms with Gasteiger partial charge in [0, 0.05) is 23.6 Å². The molecule has 0 spiro atoms. The molecule has 0 aromatic heterocycles. The molecule has 3 heteroatoms. The molecule has 1 heterocycles. The molecule has 1 saturated heterocycles. The van der Waals surface area contributed by atoms with Crippen LogP contribution < -0.4 is 5.73 Å². The fourth-order valence-corrected chi connectivity index (χ4v) is 3.60. The van der Waals surface area contributed by atoms with E-state index in [0.717, 1.165) is 24.4 Å². The van der Waals surface area contributed by atoms with E-state index in [1.165, 1.54) is 25.1 Å². The van der Waals surface area contributed by atoms with Gasteiger partial charge in [0.1, 0.15) is 0 Å². The summed E-state index contributed by atoms with van der Waals surface area (Å²) in [6, 6.07) is 0.783. The van der Waals surface area contributed by atoms with Crippen molar-refractivity contribution in [2.75, 3.05) is 25.4 Å². The first-order valence-corrected chi connectivity index (χ1v) is 7.59. The van der Waals surface area contributed by atoms with E-state index in [-0.39, 0.29) is 5.41 Å². The molecule has 0 aromatic carbocycles. The molecule has 1 rings (SSSR count). The number of nitrogens with two attached hydrogens (primary N) is 1. The fourth-order valence-electron chi connectivity index (χ4n) is 2.34. The Morgan fingerprint density at radius 3 is 2.56 bits per heavy atom. The van der Waals surface area contributed by atoms with Crippen molar-refractivity contribution in [2.45, 2.75) is 51.8 Å². The number of nitrogens with zero attached hydrogens (tertiary/aromatic N) is 1. The second kappa shape index (κ2) is 6.27. The van der Waals surface area contributed by atoms with Crippen LogP contribution in [0.3, 0.4) is 0 Å². The van der Waals surface area contributed by atoms with Crippen LogP contribution in [0.2, 0.25) is 0 Å². The van der Waals surface area contributed by atoms with Gasteiger partial charge in [-0.3, -0.25) is 4.90 Å². The van der Waals surface area contributed by atoms with Crippen LogP contribution in [0, 0.1) is 5.41 Å². The summed E-state index contributed by atoms with van der Waals surface area (Å²) in [6.45, 7) is 12.3. The van der Waals surface area contributed by atoms with Crippen molar-refractivity contribution in [1.29, 1.82) is 0 Å². The summed E-state index contributed by atoms with van der Waals surface area (Å²) >= 11 is 2.12. The quantitative estimate of drug-likeness (QED) is 0.779. The van der Waals surface area contributed by atoms with E-state index in [1.54, 1.807) is 0 Å². The molecule has 2 N–H and O–H groups in total. The van der Waals surface area contributed by atoms with E-state index in [0.29, 0.717) is 0 Å². The van der Waals surface area contributed by atoms with E-state index in [9.17, 15) is 0 Å². The minimum Gasteiger partial charge on any atom is -0.330 e. The Morgan fingerprint density at radius 1 is 1.44 bits per heavy atom. The summed E-state index contributed by atoms with van der Waals surface area (Å²) < 4.78 is 0. The van der Waals surface area contributed by atoms with Crippen molar-refractivity contribution in [1.82, 2.24) is 4.90 Å². The van der Waals surface area contributed by atoms with E-state index in [1.807, 2.05) is 0 Å². The topological polar surface area (TPSA) is 29.3 Å². The smallest absolute Gasteiger partial charge is 0.0197 e. The molecular weight excluding hydrogens is 216 g/mol. The lowest BCUT2D eigenvalue weighted by atomic mass is 9.92. The third-order valence-electron chi connectivity index (χ3n) is 3.39. The highest BCUT2D eigenvalue weighted by Crippen LogP contribution is 2.31. The highest BCUT2D eigenvalue weighted by molar-refractivity contribution is 8.00. The molecule has 2 nitrogen and oxygen atoms in total. The van der Waals surface area contributed by atoms with Crippen molar-refractivity contribution in [2.24, 2.45) is 11.1 Å². The first-order valence-electron chi connectivity index (χ1n) is 6.54. The van der Waals surface area contributed by atoms with Crippen LogP contribution in [0.1, 0.15) is 40.5 Å². The molecule has 1 aliphatic heterocycles. The average molecular weight is 244 g/mol. The van der Waals surface area contributed by atoms with Gasteiger partial charge in [0.2, 0.25) is 0 Å².